The van der Waals surface area contributed by atoms with Crippen molar-refractivity contribution in [3.05, 3.63) is 46.6 Å². The highest BCUT2D eigenvalue weighted by Crippen LogP contribution is 2.19. The fourth-order valence-electron chi connectivity index (χ4n) is 1.69. The number of halogens is 2. The van der Waals surface area contributed by atoms with Crippen LogP contribution < -0.4 is 4.72 Å². The van der Waals surface area contributed by atoms with Crippen LogP contribution in [-0.4, -0.2) is 18.2 Å². The first-order valence-electron chi connectivity index (χ1n) is 5.75. The number of alkyl halides is 1. The van der Waals surface area contributed by atoms with Crippen LogP contribution in [0.3, 0.4) is 0 Å². The van der Waals surface area contributed by atoms with E-state index < -0.39 is 10.0 Å². The standard InChI is InChI=1S/C12H13Cl2N3O2S/c1-17-12(11(14)8-15-17)20(18,19)16-7-10-4-2-9(6-13)3-5-10/h2-5,8,16H,6-7H2,1H3. The van der Waals surface area contributed by atoms with E-state index in [4.69, 9.17) is 23.2 Å². The van der Waals surface area contributed by atoms with Gasteiger partial charge in [0.2, 0.25) is 0 Å². The van der Waals surface area contributed by atoms with Gasteiger partial charge in [0.1, 0.15) is 0 Å². The van der Waals surface area contributed by atoms with E-state index in [9.17, 15) is 8.42 Å². The molecule has 0 bridgehead atoms. The Kier molecular flexibility index (Phi) is 4.70. The fraction of sp³-hybridized carbons (Fsp3) is 0.250. The molecule has 1 N–H and O–H groups in total. The molecule has 0 saturated carbocycles. The van der Waals surface area contributed by atoms with Gasteiger partial charge in [-0.15, -0.1) is 11.6 Å². The molecular formula is C12H13Cl2N3O2S. The molecule has 0 fully saturated rings. The molecule has 5 nitrogen and oxygen atoms in total. The minimum absolute atomic E-state index is 0.0449. The van der Waals surface area contributed by atoms with Gasteiger partial charge in [-0.1, -0.05) is 35.9 Å². The minimum atomic E-state index is -3.70. The van der Waals surface area contributed by atoms with Gasteiger partial charge in [0.05, 0.1) is 11.2 Å². The van der Waals surface area contributed by atoms with Crippen LogP contribution in [0.2, 0.25) is 5.02 Å². The van der Waals surface area contributed by atoms with E-state index in [0.29, 0.717) is 5.88 Å². The minimum Gasteiger partial charge on any atom is -0.255 e. The molecule has 2 rings (SSSR count). The summed E-state index contributed by atoms with van der Waals surface area (Å²) in [4.78, 5) is 0. The van der Waals surface area contributed by atoms with Crippen molar-refractivity contribution in [2.75, 3.05) is 0 Å². The Hall–Kier alpha value is -1.08. The fourth-order valence-corrected chi connectivity index (χ4v) is 3.54. The van der Waals surface area contributed by atoms with Gasteiger partial charge in [0.15, 0.2) is 5.03 Å². The monoisotopic (exact) mass is 333 g/mol. The highest BCUT2D eigenvalue weighted by atomic mass is 35.5. The SMILES string of the molecule is Cn1ncc(Cl)c1S(=O)(=O)NCc1ccc(CCl)cc1. The van der Waals surface area contributed by atoms with E-state index in [1.807, 2.05) is 24.3 Å². The predicted molar refractivity (Wildman–Crippen MR) is 78.2 cm³/mol. The Balaban J connectivity index is 2.13. The topological polar surface area (TPSA) is 64.0 Å². The lowest BCUT2D eigenvalue weighted by atomic mass is 10.1. The third-order valence-electron chi connectivity index (χ3n) is 2.74. The van der Waals surface area contributed by atoms with Crippen molar-refractivity contribution >= 4 is 33.2 Å². The second kappa shape index (κ2) is 6.13. The zero-order valence-corrected chi connectivity index (χ0v) is 13.0. The Labute approximate surface area is 127 Å². The smallest absolute Gasteiger partial charge is 0.255 e. The molecule has 0 amide bonds. The summed E-state index contributed by atoms with van der Waals surface area (Å²) in [6.07, 6.45) is 1.30. The number of nitrogens with one attached hydrogen (secondary N) is 1. The molecule has 0 unspecified atom stereocenters. The van der Waals surface area contributed by atoms with Crippen LogP contribution >= 0.6 is 23.2 Å². The van der Waals surface area contributed by atoms with Gasteiger partial charge < -0.3 is 0 Å². The Morgan fingerprint density at radius 3 is 2.35 bits per heavy atom. The third kappa shape index (κ3) is 3.32. The van der Waals surface area contributed by atoms with Crippen molar-refractivity contribution in [2.45, 2.75) is 17.5 Å². The highest BCUT2D eigenvalue weighted by Gasteiger charge is 2.22. The summed E-state index contributed by atoms with van der Waals surface area (Å²) in [5.74, 6) is 0.427. The first-order chi connectivity index (χ1) is 9.44. The van der Waals surface area contributed by atoms with Gasteiger partial charge in [-0.2, -0.15) is 5.10 Å². The number of aryl methyl sites for hydroxylation is 1. The van der Waals surface area contributed by atoms with Crippen LogP contribution in [-0.2, 0) is 29.5 Å². The van der Waals surface area contributed by atoms with Crippen molar-refractivity contribution in [3.8, 4) is 0 Å². The molecular weight excluding hydrogens is 321 g/mol. The molecule has 108 valence electrons. The number of hydrogen-bond acceptors (Lipinski definition) is 3. The molecule has 1 aromatic heterocycles. The summed E-state index contributed by atoms with van der Waals surface area (Å²) in [6.45, 7) is 0.173. The number of nitrogens with zero attached hydrogens (tertiary/aromatic N) is 2. The summed E-state index contributed by atoms with van der Waals surface area (Å²) in [6, 6.07) is 7.36. The molecule has 0 aliphatic carbocycles. The number of hydrogen-bond donors (Lipinski definition) is 1. The molecule has 0 atom stereocenters. The molecule has 1 heterocycles. The maximum atomic E-state index is 12.2. The van der Waals surface area contributed by atoms with Crippen LogP contribution in [0.25, 0.3) is 0 Å². The lowest BCUT2D eigenvalue weighted by Gasteiger charge is -2.08. The van der Waals surface area contributed by atoms with Gasteiger partial charge in [0.25, 0.3) is 10.0 Å². The summed E-state index contributed by atoms with van der Waals surface area (Å²) < 4.78 is 28.0. The average Bonchev–Trinajstić information content (AvgIpc) is 2.77. The van der Waals surface area contributed by atoms with Crippen molar-refractivity contribution in [3.63, 3.8) is 0 Å². The van der Waals surface area contributed by atoms with Crippen LogP contribution in [0.1, 0.15) is 11.1 Å². The molecule has 0 aliphatic heterocycles. The molecule has 1 aromatic carbocycles. The maximum Gasteiger partial charge on any atom is 0.259 e. The first kappa shape index (κ1) is 15.3. The molecule has 2 aromatic rings. The van der Waals surface area contributed by atoms with Gasteiger partial charge in [-0.25, -0.2) is 13.1 Å². The summed E-state index contributed by atoms with van der Waals surface area (Å²) in [5.41, 5.74) is 1.81. The van der Waals surface area contributed by atoms with Gasteiger partial charge >= 0.3 is 0 Å². The number of sulfonamides is 1. The normalized spacial score (nSPS) is 11.8. The lowest BCUT2D eigenvalue weighted by molar-refractivity contribution is 0.563. The Morgan fingerprint density at radius 2 is 1.85 bits per heavy atom. The van der Waals surface area contributed by atoms with Crippen molar-refractivity contribution in [2.24, 2.45) is 7.05 Å². The van der Waals surface area contributed by atoms with E-state index in [1.54, 1.807) is 0 Å². The predicted octanol–water partition coefficient (Wildman–Crippen LogP) is 2.29. The van der Waals surface area contributed by atoms with Crippen LogP contribution in [0.4, 0.5) is 0 Å². The lowest BCUT2D eigenvalue weighted by Crippen LogP contribution is -2.25. The van der Waals surface area contributed by atoms with E-state index in [-0.39, 0.29) is 16.6 Å². The molecule has 8 heteroatoms. The number of aromatic nitrogens is 2. The van der Waals surface area contributed by atoms with E-state index in [0.717, 1.165) is 11.1 Å². The molecule has 0 spiro atoms. The van der Waals surface area contributed by atoms with E-state index in [2.05, 4.69) is 9.82 Å². The summed E-state index contributed by atoms with van der Waals surface area (Å²) >= 11 is 11.5. The Bertz CT molecular complexity index is 676. The first-order valence-corrected chi connectivity index (χ1v) is 8.14. The van der Waals surface area contributed by atoms with E-state index >= 15 is 0 Å². The van der Waals surface area contributed by atoms with Crippen LogP contribution in [0.5, 0.6) is 0 Å². The average molecular weight is 334 g/mol. The van der Waals surface area contributed by atoms with Crippen molar-refractivity contribution in [1.29, 1.82) is 0 Å². The quantitative estimate of drug-likeness (QED) is 0.854. The largest absolute Gasteiger partial charge is 0.259 e. The summed E-state index contributed by atoms with van der Waals surface area (Å²) in [7, 11) is -2.18. The summed E-state index contributed by atoms with van der Waals surface area (Å²) in [5, 5.41) is 3.86. The Morgan fingerprint density at radius 1 is 1.25 bits per heavy atom. The molecule has 0 saturated heterocycles. The molecule has 20 heavy (non-hydrogen) atoms. The second-order valence-electron chi connectivity index (χ2n) is 4.20. The van der Waals surface area contributed by atoms with Crippen LogP contribution in [0, 0.1) is 0 Å². The molecule has 0 aliphatic rings. The zero-order chi connectivity index (χ0) is 14.8. The van der Waals surface area contributed by atoms with Gasteiger partial charge in [-0.05, 0) is 11.1 Å². The molecule has 0 radical (unpaired) electrons. The van der Waals surface area contributed by atoms with Crippen LogP contribution in [0.15, 0.2) is 35.5 Å². The van der Waals surface area contributed by atoms with Gasteiger partial charge in [0, 0.05) is 19.5 Å². The highest BCUT2D eigenvalue weighted by molar-refractivity contribution is 7.89. The number of rotatable bonds is 5. The van der Waals surface area contributed by atoms with Gasteiger partial charge in [-0.3, -0.25) is 4.68 Å². The van der Waals surface area contributed by atoms with Crippen molar-refractivity contribution in [1.82, 2.24) is 14.5 Å². The second-order valence-corrected chi connectivity index (χ2v) is 6.55. The third-order valence-corrected chi connectivity index (χ3v) is 4.96. The zero-order valence-electron chi connectivity index (χ0n) is 10.7. The van der Waals surface area contributed by atoms with E-state index in [1.165, 1.54) is 17.9 Å². The maximum absolute atomic E-state index is 12.2. The van der Waals surface area contributed by atoms with Crippen molar-refractivity contribution < 1.29 is 8.42 Å². The number of benzene rings is 1.